The molecule has 0 amide bonds. The molecule has 0 spiro atoms. The minimum Gasteiger partial charge on any atom is -0.490 e. The van der Waals surface area contributed by atoms with Gasteiger partial charge in [0, 0.05) is 20.4 Å². The van der Waals surface area contributed by atoms with Crippen molar-refractivity contribution in [3.63, 3.8) is 0 Å². The molecular weight excluding hydrogens is 598 g/mol. The van der Waals surface area contributed by atoms with Crippen LogP contribution in [0.1, 0.15) is 55.6 Å². The zero-order valence-corrected chi connectivity index (χ0v) is 24.5. The first kappa shape index (κ1) is 27.1. The fourth-order valence-electron chi connectivity index (χ4n) is 3.78. The van der Waals surface area contributed by atoms with Gasteiger partial charge in [-0.25, -0.2) is 4.98 Å². The summed E-state index contributed by atoms with van der Waals surface area (Å²) in [7, 11) is 0. The number of rotatable bonds is 9. The van der Waals surface area contributed by atoms with E-state index in [-0.39, 0.29) is 11.5 Å². The Hall–Kier alpha value is -2.97. The van der Waals surface area contributed by atoms with Crippen LogP contribution in [0.4, 0.5) is 0 Å². The summed E-state index contributed by atoms with van der Waals surface area (Å²) >= 11 is 7.09. The summed E-state index contributed by atoms with van der Waals surface area (Å²) in [5.74, 6) is 1.91. The summed E-state index contributed by atoms with van der Waals surface area (Å²) in [5.41, 5.74) is 3.47. The second kappa shape index (κ2) is 12.0. The van der Waals surface area contributed by atoms with E-state index >= 15 is 0 Å². The van der Waals surface area contributed by atoms with Gasteiger partial charge >= 0.3 is 0 Å². The molecule has 37 heavy (non-hydrogen) atoms. The third-order valence-corrected chi connectivity index (χ3v) is 7.26. The SMILES string of the molecule is CCOc1cc(C=Nn2c([C@H](C)CC)nc3ccc(Br)cc3c2=O)c(Br)cc1OCc1ccc(C)cc1. The van der Waals surface area contributed by atoms with Crippen LogP contribution in [0.5, 0.6) is 11.5 Å². The average molecular weight is 627 g/mol. The molecule has 0 fully saturated rings. The van der Waals surface area contributed by atoms with Gasteiger partial charge in [0.1, 0.15) is 12.4 Å². The molecule has 192 valence electrons. The molecule has 0 aliphatic carbocycles. The van der Waals surface area contributed by atoms with Crippen molar-refractivity contribution in [2.75, 3.05) is 6.61 Å². The van der Waals surface area contributed by atoms with Gasteiger partial charge < -0.3 is 9.47 Å². The van der Waals surface area contributed by atoms with Crippen molar-refractivity contribution in [3.05, 3.63) is 96.4 Å². The van der Waals surface area contributed by atoms with Crippen LogP contribution in [0.15, 0.2) is 73.4 Å². The molecule has 0 unspecified atom stereocenters. The topological polar surface area (TPSA) is 65.7 Å². The van der Waals surface area contributed by atoms with E-state index in [0.717, 1.165) is 26.5 Å². The van der Waals surface area contributed by atoms with E-state index in [1.807, 2.05) is 38.1 Å². The summed E-state index contributed by atoms with van der Waals surface area (Å²) in [6.45, 7) is 9.00. The summed E-state index contributed by atoms with van der Waals surface area (Å²) in [5, 5.41) is 5.10. The van der Waals surface area contributed by atoms with Crippen LogP contribution in [0.2, 0.25) is 0 Å². The van der Waals surface area contributed by atoms with Crippen molar-refractivity contribution in [1.29, 1.82) is 0 Å². The molecule has 0 bridgehead atoms. The molecule has 0 aliphatic rings. The number of halogens is 2. The minimum absolute atomic E-state index is 0.0536. The maximum absolute atomic E-state index is 13.4. The molecule has 0 aliphatic heterocycles. The van der Waals surface area contributed by atoms with E-state index in [1.54, 1.807) is 12.3 Å². The lowest BCUT2D eigenvalue weighted by Crippen LogP contribution is -2.23. The molecule has 1 heterocycles. The molecular formula is C29H29Br2N3O3. The number of benzene rings is 3. The van der Waals surface area contributed by atoms with Gasteiger partial charge in [-0.15, -0.1) is 0 Å². The van der Waals surface area contributed by atoms with Crippen molar-refractivity contribution < 1.29 is 9.47 Å². The number of ether oxygens (including phenoxy) is 2. The van der Waals surface area contributed by atoms with Gasteiger partial charge in [0.25, 0.3) is 5.56 Å². The average Bonchev–Trinajstić information content (AvgIpc) is 2.89. The second-order valence-electron chi connectivity index (χ2n) is 8.83. The number of hydrogen-bond donors (Lipinski definition) is 0. The third kappa shape index (κ3) is 6.30. The molecule has 0 saturated carbocycles. The van der Waals surface area contributed by atoms with Crippen molar-refractivity contribution in [1.82, 2.24) is 9.66 Å². The summed E-state index contributed by atoms with van der Waals surface area (Å²) in [4.78, 5) is 18.2. The van der Waals surface area contributed by atoms with Crippen LogP contribution in [-0.2, 0) is 6.61 Å². The van der Waals surface area contributed by atoms with E-state index in [2.05, 4.69) is 75.1 Å². The summed E-state index contributed by atoms with van der Waals surface area (Å²) < 4.78 is 14.9. The monoisotopic (exact) mass is 625 g/mol. The normalized spacial score (nSPS) is 12.3. The summed E-state index contributed by atoms with van der Waals surface area (Å²) in [6, 6.07) is 17.5. The van der Waals surface area contributed by atoms with Crippen molar-refractivity contribution in [3.8, 4) is 11.5 Å². The fraction of sp³-hybridized carbons (Fsp3) is 0.276. The highest BCUT2D eigenvalue weighted by atomic mass is 79.9. The lowest BCUT2D eigenvalue weighted by atomic mass is 10.1. The standard InChI is InChI=1S/C29H29Br2N3O3/c1-5-19(4)28-33-25-12-11-22(30)14-23(25)29(35)34(28)32-16-21-13-26(36-6-2)27(15-24(21)31)37-17-20-9-7-18(3)8-10-20/h7-16,19H,5-6,17H2,1-4H3/t19-/m1/s1. The first-order chi connectivity index (χ1) is 17.8. The number of nitrogens with zero attached hydrogens (tertiary/aromatic N) is 3. The molecule has 3 aromatic carbocycles. The molecule has 0 saturated heterocycles. The Morgan fingerprint density at radius 1 is 1.03 bits per heavy atom. The predicted molar refractivity (Wildman–Crippen MR) is 156 cm³/mol. The molecule has 4 rings (SSSR count). The maximum Gasteiger partial charge on any atom is 0.282 e. The zero-order valence-electron chi connectivity index (χ0n) is 21.3. The van der Waals surface area contributed by atoms with Gasteiger partial charge in [-0.2, -0.15) is 9.78 Å². The second-order valence-corrected chi connectivity index (χ2v) is 10.6. The highest BCUT2D eigenvalue weighted by Gasteiger charge is 2.16. The fourth-order valence-corrected chi connectivity index (χ4v) is 4.56. The van der Waals surface area contributed by atoms with Crippen molar-refractivity contribution in [2.24, 2.45) is 5.10 Å². The largest absolute Gasteiger partial charge is 0.490 e. The van der Waals surface area contributed by atoms with Crippen LogP contribution in [0.3, 0.4) is 0 Å². The number of aryl methyl sites for hydroxylation is 1. The third-order valence-electron chi connectivity index (χ3n) is 6.08. The van der Waals surface area contributed by atoms with E-state index in [1.165, 1.54) is 10.2 Å². The summed E-state index contributed by atoms with van der Waals surface area (Å²) in [6.07, 6.45) is 2.48. The molecule has 1 atom stereocenters. The van der Waals surface area contributed by atoms with E-state index in [0.29, 0.717) is 41.4 Å². The van der Waals surface area contributed by atoms with E-state index in [4.69, 9.17) is 14.5 Å². The molecule has 0 radical (unpaired) electrons. The number of aromatic nitrogens is 2. The smallest absolute Gasteiger partial charge is 0.282 e. The van der Waals surface area contributed by atoms with Gasteiger partial charge in [-0.1, -0.05) is 59.6 Å². The lowest BCUT2D eigenvalue weighted by Gasteiger charge is -2.15. The molecule has 8 heteroatoms. The maximum atomic E-state index is 13.4. The molecule has 0 N–H and O–H groups in total. The van der Waals surface area contributed by atoms with Crippen molar-refractivity contribution >= 4 is 49.0 Å². The van der Waals surface area contributed by atoms with Crippen LogP contribution in [-0.4, -0.2) is 22.5 Å². The Labute approximate surface area is 233 Å². The van der Waals surface area contributed by atoms with Gasteiger partial charge in [0.05, 0.1) is 23.7 Å². The van der Waals surface area contributed by atoms with Crippen LogP contribution in [0.25, 0.3) is 10.9 Å². The van der Waals surface area contributed by atoms with Gasteiger partial charge in [-0.3, -0.25) is 4.79 Å². The Kier molecular flexibility index (Phi) is 8.82. The number of fused-ring (bicyclic) bond motifs is 1. The first-order valence-electron chi connectivity index (χ1n) is 12.2. The van der Waals surface area contributed by atoms with Crippen LogP contribution in [0, 0.1) is 6.92 Å². The molecule has 1 aromatic heterocycles. The van der Waals surface area contributed by atoms with E-state index in [9.17, 15) is 4.79 Å². The Balaban J connectivity index is 1.71. The minimum atomic E-state index is -0.211. The molecule has 4 aromatic rings. The zero-order chi connectivity index (χ0) is 26.5. The van der Waals surface area contributed by atoms with Crippen LogP contribution >= 0.6 is 31.9 Å². The van der Waals surface area contributed by atoms with Gasteiger partial charge in [0.15, 0.2) is 11.5 Å². The van der Waals surface area contributed by atoms with Crippen molar-refractivity contribution in [2.45, 2.75) is 46.6 Å². The van der Waals surface area contributed by atoms with E-state index < -0.39 is 0 Å². The van der Waals surface area contributed by atoms with Gasteiger partial charge in [-0.05, 0) is 72.1 Å². The Bertz CT molecular complexity index is 1500. The first-order valence-corrected chi connectivity index (χ1v) is 13.8. The molecule has 6 nitrogen and oxygen atoms in total. The number of hydrogen-bond acceptors (Lipinski definition) is 5. The highest BCUT2D eigenvalue weighted by molar-refractivity contribution is 9.10. The Morgan fingerprint density at radius 2 is 1.76 bits per heavy atom. The van der Waals surface area contributed by atoms with Gasteiger partial charge in [0.2, 0.25) is 0 Å². The highest BCUT2D eigenvalue weighted by Crippen LogP contribution is 2.34. The predicted octanol–water partition coefficient (Wildman–Crippen LogP) is 7.60. The quantitative estimate of drug-likeness (QED) is 0.179. The Morgan fingerprint density at radius 3 is 2.46 bits per heavy atom. The van der Waals surface area contributed by atoms with Crippen LogP contribution < -0.4 is 15.0 Å². The lowest BCUT2D eigenvalue weighted by molar-refractivity contribution is 0.269.